The summed E-state index contributed by atoms with van der Waals surface area (Å²) in [6.45, 7) is 3.62. The number of rotatable bonds is 6. The maximum atomic E-state index is 4.54. The van der Waals surface area contributed by atoms with Gasteiger partial charge >= 0.3 is 0 Å². The van der Waals surface area contributed by atoms with Gasteiger partial charge in [-0.15, -0.1) is 0 Å². The highest BCUT2D eigenvalue weighted by molar-refractivity contribution is 5.82. The highest BCUT2D eigenvalue weighted by atomic mass is 15.1. The number of hydrogen-bond donors (Lipinski definition) is 1. The van der Waals surface area contributed by atoms with Crippen LogP contribution in [0.3, 0.4) is 0 Å². The zero-order chi connectivity index (χ0) is 17.8. The quantitative estimate of drug-likeness (QED) is 0.574. The first-order chi connectivity index (χ1) is 12.8. The van der Waals surface area contributed by atoms with Gasteiger partial charge in [0.15, 0.2) is 11.5 Å². The second-order valence-corrected chi connectivity index (χ2v) is 6.28. The van der Waals surface area contributed by atoms with E-state index in [0.717, 1.165) is 29.9 Å². The first-order valence-electron chi connectivity index (χ1n) is 8.85. The second-order valence-electron chi connectivity index (χ2n) is 6.28. The molecule has 0 radical (unpaired) electrons. The van der Waals surface area contributed by atoms with E-state index in [1.807, 2.05) is 24.5 Å². The lowest BCUT2D eigenvalue weighted by Gasteiger charge is -2.07. The maximum Gasteiger partial charge on any atom is 0.165 e. The third-order valence-corrected chi connectivity index (χ3v) is 4.49. The largest absolute Gasteiger partial charge is 0.364 e. The summed E-state index contributed by atoms with van der Waals surface area (Å²) < 4.78 is 2.06. The predicted molar refractivity (Wildman–Crippen MR) is 104 cm³/mol. The van der Waals surface area contributed by atoms with Gasteiger partial charge in [-0.3, -0.25) is 0 Å². The molecular formula is C21H21N5. The molecule has 0 spiro atoms. The van der Waals surface area contributed by atoms with Crippen LogP contribution in [0.2, 0.25) is 0 Å². The normalized spacial score (nSPS) is 11.0. The summed E-state index contributed by atoms with van der Waals surface area (Å²) in [5.74, 6) is 0.763. The highest BCUT2D eigenvalue weighted by Gasteiger charge is 2.10. The molecule has 2 aromatic heterocycles. The molecule has 0 aliphatic heterocycles. The first kappa shape index (κ1) is 16.3. The molecule has 0 unspecified atom stereocenters. The Morgan fingerprint density at radius 1 is 0.846 bits per heavy atom. The van der Waals surface area contributed by atoms with E-state index in [1.165, 1.54) is 16.7 Å². The van der Waals surface area contributed by atoms with E-state index in [4.69, 9.17) is 0 Å². The van der Waals surface area contributed by atoms with E-state index in [0.29, 0.717) is 6.54 Å². The summed E-state index contributed by atoms with van der Waals surface area (Å²) in [6, 6.07) is 18.9. The Balaban J connectivity index is 1.56. The van der Waals surface area contributed by atoms with Gasteiger partial charge < -0.3 is 9.88 Å². The molecule has 5 nitrogen and oxygen atoms in total. The Bertz CT molecular complexity index is 990. The molecule has 0 saturated carbocycles. The Kier molecular flexibility index (Phi) is 4.60. The standard InChI is InChI=1S/C21H21N5/c1-2-16-8-10-18(11-9-16)13-26-15-25-19-20(23-14-24-21(19)26)22-12-17-6-4-3-5-7-17/h3-11,14-15H,2,12-13H2,1H3,(H,22,23,24). The van der Waals surface area contributed by atoms with Crippen molar-refractivity contribution in [3.05, 3.63) is 83.9 Å². The summed E-state index contributed by atoms with van der Waals surface area (Å²) in [4.78, 5) is 13.3. The lowest BCUT2D eigenvalue weighted by atomic mass is 10.1. The number of anilines is 1. The van der Waals surface area contributed by atoms with Gasteiger partial charge in [0.2, 0.25) is 0 Å². The molecule has 2 heterocycles. The van der Waals surface area contributed by atoms with Crippen LogP contribution in [0.25, 0.3) is 11.2 Å². The van der Waals surface area contributed by atoms with Gasteiger partial charge in [0.1, 0.15) is 11.8 Å². The SMILES string of the molecule is CCc1ccc(Cn2cnc3c(NCc4ccccc4)ncnc32)cc1. The Hall–Kier alpha value is -3.21. The Labute approximate surface area is 152 Å². The molecule has 0 amide bonds. The maximum absolute atomic E-state index is 4.54. The molecule has 26 heavy (non-hydrogen) atoms. The zero-order valence-corrected chi connectivity index (χ0v) is 14.8. The van der Waals surface area contributed by atoms with Crippen molar-refractivity contribution >= 4 is 17.0 Å². The van der Waals surface area contributed by atoms with Gasteiger partial charge in [0, 0.05) is 6.54 Å². The topological polar surface area (TPSA) is 55.6 Å². The number of fused-ring (bicyclic) bond motifs is 1. The van der Waals surface area contributed by atoms with Crippen molar-refractivity contribution in [3.63, 3.8) is 0 Å². The molecule has 2 aromatic carbocycles. The molecule has 0 fully saturated rings. The average molecular weight is 343 g/mol. The van der Waals surface area contributed by atoms with Crippen LogP contribution in [0.4, 0.5) is 5.82 Å². The van der Waals surface area contributed by atoms with Crippen LogP contribution in [-0.2, 0) is 19.5 Å². The number of nitrogens with one attached hydrogen (secondary N) is 1. The summed E-state index contributed by atoms with van der Waals surface area (Å²) in [5, 5.41) is 3.37. The van der Waals surface area contributed by atoms with Crippen LogP contribution in [0.1, 0.15) is 23.6 Å². The Morgan fingerprint density at radius 2 is 1.62 bits per heavy atom. The summed E-state index contributed by atoms with van der Waals surface area (Å²) in [7, 11) is 0. The van der Waals surface area contributed by atoms with Gasteiger partial charge in [-0.25, -0.2) is 15.0 Å². The number of aryl methyl sites for hydroxylation is 1. The van der Waals surface area contributed by atoms with E-state index in [-0.39, 0.29) is 0 Å². The fourth-order valence-electron chi connectivity index (χ4n) is 2.98. The zero-order valence-electron chi connectivity index (χ0n) is 14.8. The Morgan fingerprint density at radius 3 is 2.38 bits per heavy atom. The van der Waals surface area contributed by atoms with Crippen LogP contribution in [0.5, 0.6) is 0 Å². The third kappa shape index (κ3) is 3.42. The van der Waals surface area contributed by atoms with E-state index in [1.54, 1.807) is 6.33 Å². The van der Waals surface area contributed by atoms with Crippen LogP contribution >= 0.6 is 0 Å². The molecular weight excluding hydrogens is 322 g/mol. The fourth-order valence-corrected chi connectivity index (χ4v) is 2.98. The van der Waals surface area contributed by atoms with Gasteiger partial charge in [0.05, 0.1) is 12.9 Å². The minimum Gasteiger partial charge on any atom is -0.364 e. The summed E-state index contributed by atoms with van der Waals surface area (Å²) >= 11 is 0. The molecule has 0 aliphatic carbocycles. The number of imidazole rings is 1. The summed E-state index contributed by atoms with van der Waals surface area (Å²) in [5.41, 5.74) is 5.43. The first-order valence-corrected chi connectivity index (χ1v) is 8.85. The van der Waals surface area contributed by atoms with Gasteiger partial charge in [0.25, 0.3) is 0 Å². The fraction of sp³-hybridized carbons (Fsp3) is 0.190. The number of aromatic nitrogens is 4. The number of benzene rings is 2. The van der Waals surface area contributed by atoms with Crippen LogP contribution < -0.4 is 5.32 Å². The van der Waals surface area contributed by atoms with Crippen molar-refractivity contribution in [2.75, 3.05) is 5.32 Å². The molecule has 4 aromatic rings. The smallest absolute Gasteiger partial charge is 0.165 e. The number of hydrogen-bond acceptors (Lipinski definition) is 4. The minimum absolute atomic E-state index is 0.707. The average Bonchev–Trinajstić information content (AvgIpc) is 3.11. The van der Waals surface area contributed by atoms with Crippen LogP contribution in [0.15, 0.2) is 67.3 Å². The highest BCUT2D eigenvalue weighted by Crippen LogP contribution is 2.19. The van der Waals surface area contributed by atoms with Gasteiger partial charge in [-0.05, 0) is 23.1 Å². The monoisotopic (exact) mass is 343 g/mol. The summed E-state index contributed by atoms with van der Waals surface area (Å²) in [6.07, 6.45) is 4.48. The van der Waals surface area contributed by atoms with Crippen molar-refractivity contribution in [3.8, 4) is 0 Å². The van der Waals surface area contributed by atoms with Crippen molar-refractivity contribution in [2.24, 2.45) is 0 Å². The van der Waals surface area contributed by atoms with Crippen molar-refractivity contribution in [1.29, 1.82) is 0 Å². The number of nitrogens with zero attached hydrogens (tertiary/aromatic N) is 4. The lowest BCUT2D eigenvalue weighted by molar-refractivity contribution is 0.812. The predicted octanol–water partition coefficient (Wildman–Crippen LogP) is 4.05. The van der Waals surface area contributed by atoms with Crippen molar-refractivity contribution < 1.29 is 0 Å². The molecule has 0 saturated heterocycles. The van der Waals surface area contributed by atoms with Crippen molar-refractivity contribution in [2.45, 2.75) is 26.4 Å². The molecule has 0 atom stereocenters. The molecule has 130 valence electrons. The molecule has 5 heteroatoms. The lowest BCUT2D eigenvalue weighted by Crippen LogP contribution is -2.04. The van der Waals surface area contributed by atoms with E-state index in [2.05, 4.69) is 68.2 Å². The van der Waals surface area contributed by atoms with Crippen LogP contribution in [0, 0.1) is 0 Å². The van der Waals surface area contributed by atoms with Crippen molar-refractivity contribution in [1.82, 2.24) is 19.5 Å². The molecule has 1 N–H and O–H groups in total. The third-order valence-electron chi connectivity index (χ3n) is 4.49. The van der Waals surface area contributed by atoms with E-state index < -0.39 is 0 Å². The van der Waals surface area contributed by atoms with Gasteiger partial charge in [-0.1, -0.05) is 61.5 Å². The van der Waals surface area contributed by atoms with E-state index >= 15 is 0 Å². The molecule has 0 bridgehead atoms. The molecule has 0 aliphatic rings. The van der Waals surface area contributed by atoms with Gasteiger partial charge in [-0.2, -0.15) is 0 Å². The second kappa shape index (κ2) is 7.35. The van der Waals surface area contributed by atoms with E-state index in [9.17, 15) is 0 Å². The molecule has 4 rings (SSSR count). The van der Waals surface area contributed by atoms with Crippen LogP contribution in [-0.4, -0.2) is 19.5 Å². The minimum atomic E-state index is 0.707.